The molecule has 0 radical (unpaired) electrons. The van der Waals surface area contributed by atoms with Crippen LogP contribution in [-0.4, -0.2) is 70.5 Å². The summed E-state index contributed by atoms with van der Waals surface area (Å²) in [5.74, 6) is 0.929. The first-order valence-electron chi connectivity index (χ1n) is 7.97. The smallest absolute Gasteiger partial charge is 0.281 e. The van der Waals surface area contributed by atoms with E-state index in [0.717, 1.165) is 38.8 Å². The molecule has 0 aliphatic carbocycles. The van der Waals surface area contributed by atoms with Gasteiger partial charge in [0.05, 0.1) is 6.61 Å². The van der Waals surface area contributed by atoms with Crippen LogP contribution in [0.15, 0.2) is 0 Å². The highest BCUT2D eigenvalue weighted by atomic mass is 32.2. The molecule has 2 saturated heterocycles. The lowest BCUT2D eigenvalue weighted by Crippen LogP contribution is -2.48. The molecule has 2 aliphatic rings. The Morgan fingerprint density at radius 2 is 1.95 bits per heavy atom. The molecule has 0 amide bonds. The lowest BCUT2D eigenvalue weighted by molar-refractivity contribution is 0.0489. The molecule has 1 unspecified atom stereocenters. The van der Waals surface area contributed by atoms with Gasteiger partial charge in [0, 0.05) is 33.3 Å². The molecule has 1 atom stereocenters. The van der Waals surface area contributed by atoms with Crippen LogP contribution in [0.3, 0.4) is 0 Å². The number of nitrogens with zero attached hydrogens (tertiary/aromatic N) is 2. The van der Waals surface area contributed by atoms with Crippen LogP contribution in [0.1, 0.15) is 25.7 Å². The van der Waals surface area contributed by atoms with Crippen molar-refractivity contribution >= 4 is 10.2 Å². The van der Waals surface area contributed by atoms with Gasteiger partial charge in [0.15, 0.2) is 0 Å². The minimum absolute atomic E-state index is 0.334. The molecule has 21 heavy (non-hydrogen) atoms. The molecule has 0 aromatic rings. The van der Waals surface area contributed by atoms with Crippen LogP contribution in [0.5, 0.6) is 0 Å². The number of rotatable bonds is 6. The van der Waals surface area contributed by atoms with Crippen molar-refractivity contribution in [1.29, 1.82) is 0 Å². The van der Waals surface area contributed by atoms with E-state index >= 15 is 0 Å². The Bertz CT molecular complexity index is 402. The zero-order valence-corrected chi connectivity index (χ0v) is 14.1. The molecule has 124 valence electrons. The van der Waals surface area contributed by atoms with Gasteiger partial charge in [-0.15, -0.1) is 0 Å². The zero-order chi connectivity index (χ0) is 15.3. The number of hydrogen-bond acceptors (Lipinski definition) is 4. The Morgan fingerprint density at radius 1 is 1.24 bits per heavy atom. The van der Waals surface area contributed by atoms with Gasteiger partial charge in [-0.1, -0.05) is 0 Å². The van der Waals surface area contributed by atoms with Crippen molar-refractivity contribution < 1.29 is 13.2 Å². The highest BCUT2D eigenvalue weighted by molar-refractivity contribution is 7.86. The van der Waals surface area contributed by atoms with Crippen LogP contribution < -0.4 is 5.32 Å². The molecular weight excluding hydrogens is 290 g/mol. The van der Waals surface area contributed by atoms with Gasteiger partial charge >= 0.3 is 0 Å². The van der Waals surface area contributed by atoms with Crippen molar-refractivity contribution in [2.75, 3.05) is 53.5 Å². The monoisotopic (exact) mass is 319 g/mol. The van der Waals surface area contributed by atoms with E-state index in [9.17, 15) is 8.42 Å². The molecule has 1 N–H and O–H groups in total. The fourth-order valence-electron chi connectivity index (χ4n) is 3.24. The van der Waals surface area contributed by atoms with Gasteiger partial charge in [0.1, 0.15) is 0 Å². The van der Waals surface area contributed by atoms with Crippen molar-refractivity contribution in [1.82, 2.24) is 13.9 Å². The average Bonchev–Trinajstić information content (AvgIpc) is 2.49. The fraction of sp³-hybridized carbons (Fsp3) is 1.00. The quantitative estimate of drug-likeness (QED) is 0.775. The van der Waals surface area contributed by atoms with Gasteiger partial charge in [0.25, 0.3) is 10.2 Å². The molecule has 6 nitrogen and oxygen atoms in total. The number of nitrogens with one attached hydrogen (secondary N) is 1. The minimum atomic E-state index is -3.31. The molecule has 0 aromatic heterocycles. The molecule has 2 heterocycles. The molecule has 0 aromatic carbocycles. The number of hydrogen-bond donors (Lipinski definition) is 1. The lowest BCUT2D eigenvalue weighted by Gasteiger charge is -2.35. The van der Waals surface area contributed by atoms with Gasteiger partial charge in [-0.3, -0.25) is 0 Å². The van der Waals surface area contributed by atoms with E-state index in [0.29, 0.717) is 38.1 Å². The molecule has 2 fully saturated rings. The SMILES string of the molecule is CNCC1CCN(S(=O)(=O)N(C)CC2CCCOC2)CC1. The van der Waals surface area contributed by atoms with Crippen molar-refractivity contribution in [3.63, 3.8) is 0 Å². The maximum absolute atomic E-state index is 12.6. The minimum Gasteiger partial charge on any atom is -0.381 e. The summed E-state index contributed by atoms with van der Waals surface area (Å²) >= 11 is 0. The standard InChI is InChI=1S/C14H29N3O3S/c1-15-10-13-5-7-17(8-6-13)21(18,19)16(2)11-14-4-3-9-20-12-14/h13-15H,3-12H2,1-2H3. The van der Waals surface area contributed by atoms with Crippen LogP contribution in [0.25, 0.3) is 0 Å². The van der Waals surface area contributed by atoms with E-state index < -0.39 is 10.2 Å². The van der Waals surface area contributed by atoms with E-state index in [-0.39, 0.29) is 0 Å². The highest BCUT2D eigenvalue weighted by Gasteiger charge is 2.32. The summed E-state index contributed by atoms with van der Waals surface area (Å²) in [6.07, 6.45) is 3.99. The average molecular weight is 319 g/mol. The summed E-state index contributed by atoms with van der Waals surface area (Å²) < 4.78 is 33.8. The summed E-state index contributed by atoms with van der Waals surface area (Å²) in [7, 11) is 0.337. The first kappa shape index (κ1) is 17.1. The highest BCUT2D eigenvalue weighted by Crippen LogP contribution is 2.22. The van der Waals surface area contributed by atoms with Gasteiger partial charge in [-0.25, -0.2) is 0 Å². The number of ether oxygens (including phenoxy) is 1. The van der Waals surface area contributed by atoms with Crippen LogP contribution in [0.2, 0.25) is 0 Å². The second-order valence-electron chi connectivity index (χ2n) is 6.27. The lowest BCUT2D eigenvalue weighted by atomic mass is 9.98. The molecule has 2 aliphatic heterocycles. The van der Waals surface area contributed by atoms with Crippen molar-refractivity contribution in [2.45, 2.75) is 25.7 Å². The summed E-state index contributed by atoms with van der Waals surface area (Å²) in [5, 5.41) is 3.18. The second kappa shape index (κ2) is 7.87. The third kappa shape index (κ3) is 4.63. The summed E-state index contributed by atoms with van der Waals surface area (Å²) in [4.78, 5) is 0. The van der Waals surface area contributed by atoms with E-state index in [1.807, 2.05) is 7.05 Å². The predicted octanol–water partition coefficient (Wildman–Crippen LogP) is 0.521. The summed E-state index contributed by atoms with van der Waals surface area (Å²) in [6.45, 7) is 4.32. The molecule has 0 bridgehead atoms. The molecular formula is C14H29N3O3S. The van der Waals surface area contributed by atoms with E-state index in [4.69, 9.17) is 4.74 Å². The van der Waals surface area contributed by atoms with Gasteiger partial charge in [-0.2, -0.15) is 17.0 Å². The normalized spacial score (nSPS) is 26.3. The van der Waals surface area contributed by atoms with Crippen LogP contribution >= 0.6 is 0 Å². The Labute approximate surface area is 129 Å². The topological polar surface area (TPSA) is 61.9 Å². The zero-order valence-electron chi connectivity index (χ0n) is 13.3. The first-order valence-corrected chi connectivity index (χ1v) is 9.37. The van der Waals surface area contributed by atoms with Gasteiger partial charge in [-0.05, 0) is 51.1 Å². The second-order valence-corrected chi connectivity index (χ2v) is 8.31. The number of piperidine rings is 1. The third-order valence-electron chi connectivity index (χ3n) is 4.56. The van der Waals surface area contributed by atoms with Crippen LogP contribution in [0, 0.1) is 11.8 Å². The van der Waals surface area contributed by atoms with Crippen molar-refractivity contribution in [3.8, 4) is 0 Å². The fourth-order valence-corrected chi connectivity index (χ4v) is 4.70. The maximum Gasteiger partial charge on any atom is 0.281 e. The Kier molecular flexibility index (Phi) is 6.43. The van der Waals surface area contributed by atoms with Crippen LogP contribution in [-0.2, 0) is 14.9 Å². The molecule has 7 heteroatoms. The molecule has 2 rings (SSSR count). The summed E-state index contributed by atoms with van der Waals surface area (Å²) in [5.41, 5.74) is 0. The van der Waals surface area contributed by atoms with Gasteiger partial charge in [0.2, 0.25) is 0 Å². The molecule has 0 saturated carbocycles. The van der Waals surface area contributed by atoms with Crippen molar-refractivity contribution in [2.24, 2.45) is 11.8 Å². The maximum atomic E-state index is 12.6. The largest absolute Gasteiger partial charge is 0.381 e. The van der Waals surface area contributed by atoms with Gasteiger partial charge < -0.3 is 10.1 Å². The van der Waals surface area contributed by atoms with E-state index in [1.165, 1.54) is 4.31 Å². The first-order chi connectivity index (χ1) is 10.0. The molecule has 0 spiro atoms. The Balaban J connectivity index is 1.85. The predicted molar refractivity (Wildman–Crippen MR) is 83.3 cm³/mol. The van der Waals surface area contributed by atoms with Crippen LogP contribution in [0.4, 0.5) is 0 Å². The Morgan fingerprint density at radius 3 is 2.52 bits per heavy atom. The third-order valence-corrected chi connectivity index (χ3v) is 6.51. The summed E-state index contributed by atoms with van der Waals surface area (Å²) in [6, 6.07) is 0. The Hall–Kier alpha value is -0.210. The van der Waals surface area contributed by atoms with Crippen molar-refractivity contribution in [3.05, 3.63) is 0 Å². The van der Waals surface area contributed by atoms with E-state index in [1.54, 1.807) is 11.4 Å². The van der Waals surface area contributed by atoms with E-state index in [2.05, 4.69) is 5.32 Å².